The first kappa shape index (κ1) is 15.1. The fourth-order valence-corrected chi connectivity index (χ4v) is 3.89. The van der Waals surface area contributed by atoms with E-state index in [-0.39, 0.29) is 0 Å². The fourth-order valence-electron chi connectivity index (χ4n) is 2.50. The summed E-state index contributed by atoms with van der Waals surface area (Å²) in [6, 6.07) is 14.1. The first-order chi connectivity index (χ1) is 11.8. The highest BCUT2D eigenvalue weighted by Gasteiger charge is 2.19. The van der Waals surface area contributed by atoms with Crippen molar-refractivity contribution in [2.45, 2.75) is 6.92 Å². The van der Waals surface area contributed by atoms with Crippen LogP contribution in [-0.4, -0.2) is 18.2 Å². The van der Waals surface area contributed by atoms with Gasteiger partial charge in [-0.3, -0.25) is 5.43 Å². The van der Waals surface area contributed by atoms with Crippen LogP contribution in [0.25, 0.3) is 0 Å². The van der Waals surface area contributed by atoms with Gasteiger partial charge in [-0.2, -0.15) is 5.10 Å². The van der Waals surface area contributed by atoms with Gasteiger partial charge in [0.1, 0.15) is 11.5 Å². The Balaban J connectivity index is 1.86. The molecule has 24 heavy (non-hydrogen) atoms. The molecule has 1 aliphatic rings. The number of hydrogen-bond acceptors (Lipinski definition) is 6. The van der Waals surface area contributed by atoms with E-state index in [0.29, 0.717) is 6.61 Å². The Bertz CT molecular complexity index is 897. The monoisotopic (exact) mass is 353 g/mol. The Kier molecular flexibility index (Phi) is 4.15. The number of benzene rings is 1. The van der Waals surface area contributed by atoms with Crippen LogP contribution in [0.3, 0.4) is 0 Å². The van der Waals surface area contributed by atoms with Gasteiger partial charge in [0, 0.05) is 5.56 Å². The number of nitrogens with zero attached hydrogens (tertiary/aromatic N) is 2. The number of rotatable bonds is 4. The molecule has 3 aromatic rings. The molecule has 1 aromatic carbocycles. The van der Waals surface area contributed by atoms with Gasteiger partial charge in [0.05, 0.1) is 22.0 Å². The van der Waals surface area contributed by atoms with Crippen LogP contribution < -0.4 is 10.2 Å². The minimum atomic E-state index is 0.631. The number of hydrazone groups is 1. The maximum Gasteiger partial charge on any atom is 0.164 e. The average Bonchev–Trinajstić information content (AvgIpc) is 3.27. The van der Waals surface area contributed by atoms with E-state index >= 15 is 0 Å². The summed E-state index contributed by atoms with van der Waals surface area (Å²) < 4.78 is 5.66. The van der Waals surface area contributed by atoms with E-state index < -0.39 is 0 Å². The van der Waals surface area contributed by atoms with E-state index in [4.69, 9.17) is 9.73 Å². The second-order valence-electron chi connectivity index (χ2n) is 5.10. The summed E-state index contributed by atoms with van der Waals surface area (Å²) in [4.78, 5) is 6.95. The van der Waals surface area contributed by atoms with Gasteiger partial charge in [-0.1, -0.05) is 12.1 Å². The normalized spacial score (nSPS) is 13.4. The summed E-state index contributed by atoms with van der Waals surface area (Å²) in [5.41, 5.74) is 5.88. The van der Waals surface area contributed by atoms with E-state index in [1.54, 1.807) is 22.7 Å². The fraction of sp³-hybridized carbons (Fsp3) is 0.111. The predicted octanol–water partition coefficient (Wildman–Crippen LogP) is 4.64. The minimum Gasteiger partial charge on any atom is -0.494 e. The molecule has 0 fully saturated rings. The summed E-state index contributed by atoms with van der Waals surface area (Å²) in [6.45, 7) is 2.61. The van der Waals surface area contributed by atoms with Crippen molar-refractivity contribution >= 4 is 39.9 Å². The zero-order valence-electron chi connectivity index (χ0n) is 13.0. The molecule has 0 saturated heterocycles. The highest BCUT2D eigenvalue weighted by Crippen LogP contribution is 2.31. The van der Waals surface area contributed by atoms with Crippen molar-refractivity contribution in [2.75, 3.05) is 6.61 Å². The first-order valence-corrected chi connectivity index (χ1v) is 9.38. The molecule has 0 atom stereocenters. The van der Waals surface area contributed by atoms with Crippen LogP contribution in [0.2, 0.25) is 0 Å². The van der Waals surface area contributed by atoms with Crippen molar-refractivity contribution in [3.63, 3.8) is 0 Å². The third-order valence-electron chi connectivity index (χ3n) is 3.55. The highest BCUT2D eigenvalue weighted by atomic mass is 32.1. The van der Waals surface area contributed by atoms with Crippen LogP contribution >= 0.6 is 22.7 Å². The van der Waals surface area contributed by atoms with Gasteiger partial charge in [-0.25, -0.2) is 4.99 Å². The number of fused-ring (bicyclic) bond motifs is 1. The summed E-state index contributed by atoms with van der Waals surface area (Å²) >= 11 is 3.30. The Morgan fingerprint density at radius 1 is 1.04 bits per heavy atom. The summed E-state index contributed by atoms with van der Waals surface area (Å²) in [6.07, 6.45) is 0. The molecule has 0 spiro atoms. The van der Waals surface area contributed by atoms with Gasteiger partial charge in [0.2, 0.25) is 0 Å². The smallest absolute Gasteiger partial charge is 0.164 e. The zero-order chi connectivity index (χ0) is 16.4. The average molecular weight is 353 g/mol. The number of thiophene rings is 2. The lowest BCUT2D eigenvalue weighted by molar-refractivity contribution is 0.340. The predicted molar refractivity (Wildman–Crippen MR) is 101 cm³/mol. The van der Waals surface area contributed by atoms with Crippen LogP contribution in [-0.2, 0) is 0 Å². The number of ether oxygens (including phenoxy) is 1. The maximum absolute atomic E-state index is 5.66. The molecular formula is C18H15N3OS2. The quantitative estimate of drug-likeness (QED) is 0.742. The van der Waals surface area contributed by atoms with Crippen molar-refractivity contribution in [1.29, 1.82) is 0 Å². The SMILES string of the molecule is CCOc1ccc2c(c1)C(c1cccs1)=NNC(c1cccs1)=N2. The second kappa shape index (κ2) is 6.59. The first-order valence-electron chi connectivity index (χ1n) is 7.62. The van der Waals surface area contributed by atoms with Crippen molar-refractivity contribution in [3.05, 3.63) is 68.5 Å². The van der Waals surface area contributed by atoms with Crippen LogP contribution in [0.1, 0.15) is 22.2 Å². The van der Waals surface area contributed by atoms with Gasteiger partial charge in [-0.15, -0.1) is 22.7 Å². The molecule has 0 saturated carbocycles. The Morgan fingerprint density at radius 3 is 2.54 bits per heavy atom. The van der Waals surface area contributed by atoms with Gasteiger partial charge in [0.15, 0.2) is 5.84 Å². The molecule has 3 heterocycles. The molecule has 1 aliphatic heterocycles. The van der Waals surface area contributed by atoms with E-state index in [9.17, 15) is 0 Å². The molecule has 0 radical (unpaired) electrons. The molecule has 4 nitrogen and oxygen atoms in total. The molecule has 6 heteroatoms. The number of hydrogen-bond donors (Lipinski definition) is 1. The largest absolute Gasteiger partial charge is 0.494 e. The molecule has 0 aliphatic carbocycles. The van der Waals surface area contributed by atoms with Crippen molar-refractivity contribution in [2.24, 2.45) is 10.1 Å². The van der Waals surface area contributed by atoms with Crippen molar-refractivity contribution in [3.8, 4) is 5.75 Å². The summed E-state index contributed by atoms with van der Waals surface area (Å²) in [7, 11) is 0. The zero-order valence-corrected chi connectivity index (χ0v) is 14.7. The lowest BCUT2D eigenvalue weighted by Crippen LogP contribution is -2.18. The Hall–Kier alpha value is -2.44. The molecule has 0 amide bonds. The van der Waals surface area contributed by atoms with Gasteiger partial charge < -0.3 is 4.74 Å². The molecule has 2 aromatic heterocycles. The molecule has 120 valence electrons. The molecule has 1 N–H and O–H groups in total. The van der Waals surface area contributed by atoms with Crippen LogP contribution in [0, 0.1) is 0 Å². The van der Waals surface area contributed by atoms with Gasteiger partial charge in [-0.05, 0) is 48.0 Å². The Morgan fingerprint density at radius 2 is 1.83 bits per heavy atom. The van der Waals surface area contributed by atoms with Crippen molar-refractivity contribution < 1.29 is 4.74 Å². The van der Waals surface area contributed by atoms with Crippen molar-refractivity contribution in [1.82, 2.24) is 5.43 Å². The third kappa shape index (κ3) is 2.86. The molecule has 0 bridgehead atoms. The topological polar surface area (TPSA) is 46.0 Å². The van der Waals surface area contributed by atoms with Crippen LogP contribution in [0.5, 0.6) is 5.75 Å². The number of aliphatic imine (C=N–C) groups is 1. The third-order valence-corrected chi connectivity index (χ3v) is 5.30. The lowest BCUT2D eigenvalue weighted by atomic mass is 10.1. The van der Waals surface area contributed by atoms with E-state index in [2.05, 4.69) is 22.0 Å². The molecule has 4 rings (SSSR count). The van der Waals surface area contributed by atoms with E-state index in [1.165, 1.54) is 0 Å². The lowest BCUT2D eigenvalue weighted by Gasteiger charge is -2.09. The molecule has 0 unspecified atom stereocenters. The summed E-state index contributed by atoms with van der Waals surface area (Å²) in [5, 5.41) is 8.73. The maximum atomic E-state index is 5.66. The molecular weight excluding hydrogens is 338 g/mol. The van der Waals surface area contributed by atoms with E-state index in [0.717, 1.165) is 38.3 Å². The van der Waals surface area contributed by atoms with Crippen LogP contribution in [0.4, 0.5) is 5.69 Å². The highest BCUT2D eigenvalue weighted by molar-refractivity contribution is 7.12. The Labute approximate surface area is 148 Å². The van der Waals surface area contributed by atoms with Gasteiger partial charge >= 0.3 is 0 Å². The summed E-state index contributed by atoms with van der Waals surface area (Å²) in [5.74, 6) is 1.59. The second-order valence-corrected chi connectivity index (χ2v) is 6.99. The van der Waals surface area contributed by atoms with E-state index in [1.807, 2.05) is 48.7 Å². The standard InChI is InChI=1S/C18H15N3OS2/c1-2-22-12-7-8-14-13(11-12)17(15-5-3-9-23-15)20-21-18(19-14)16-6-4-10-24-16/h3-11H,2H2,1H3,(H,19,21). The number of nitrogens with one attached hydrogen (secondary N) is 1. The van der Waals surface area contributed by atoms with Gasteiger partial charge in [0.25, 0.3) is 0 Å². The number of amidine groups is 1. The minimum absolute atomic E-state index is 0.631. The van der Waals surface area contributed by atoms with Crippen LogP contribution in [0.15, 0.2) is 63.3 Å².